The molecule has 6 rings (SSSR count). The molecule has 0 amide bonds. The molecular formula is C38H34N2. The number of para-hydroxylation sites is 1. The second-order valence-electron chi connectivity index (χ2n) is 10.4. The van der Waals surface area contributed by atoms with Gasteiger partial charge in [-0.15, -0.1) is 0 Å². The first-order valence-corrected chi connectivity index (χ1v) is 14.0. The minimum Gasteiger partial charge on any atom is -0.334 e. The first-order chi connectivity index (χ1) is 19.7. The molecule has 0 saturated carbocycles. The van der Waals surface area contributed by atoms with Crippen LogP contribution in [0.3, 0.4) is 0 Å². The number of hydrogen-bond donors (Lipinski definition) is 0. The number of anilines is 5. The van der Waals surface area contributed by atoms with E-state index < -0.39 is 0 Å². The lowest BCUT2D eigenvalue weighted by Crippen LogP contribution is -2.29. The fourth-order valence-corrected chi connectivity index (χ4v) is 5.40. The molecule has 1 aliphatic rings. The number of nitrogens with zero attached hydrogens (tertiary/aromatic N) is 2. The van der Waals surface area contributed by atoms with Gasteiger partial charge in [0, 0.05) is 28.4 Å². The van der Waals surface area contributed by atoms with E-state index in [1.165, 1.54) is 33.6 Å². The molecule has 0 saturated heterocycles. The third kappa shape index (κ3) is 5.48. The van der Waals surface area contributed by atoms with Crippen LogP contribution < -0.4 is 9.80 Å². The van der Waals surface area contributed by atoms with Gasteiger partial charge in [-0.3, -0.25) is 0 Å². The van der Waals surface area contributed by atoms with Crippen LogP contribution in [0.5, 0.6) is 0 Å². The average Bonchev–Trinajstić information content (AvgIpc) is 3.00. The van der Waals surface area contributed by atoms with E-state index in [4.69, 9.17) is 0 Å². The van der Waals surface area contributed by atoms with Gasteiger partial charge in [-0.05, 0) is 97.6 Å². The van der Waals surface area contributed by atoms with Gasteiger partial charge < -0.3 is 9.80 Å². The SMILES string of the molecule is Cc1ccc(N(c2ccccc2)c2ccc(-c3ccc(N(c4cccc(C)c4)C4C=CC=CC4)cc3)cc2)cc1. The Bertz CT molecular complexity index is 1610. The average molecular weight is 519 g/mol. The normalized spacial score (nSPS) is 14.2. The molecule has 5 aromatic rings. The second-order valence-corrected chi connectivity index (χ2v) is 10.4. The molecule has 0 heterocycles. The summed E-state index contributed by atoms with van der Waals surface area (Å²) in [7, 11) is 0. The van der Waals surface area contributed by atoms with Crippen LogP contribution in [0.15, 0.2) is 152 Å². The zero-order valence-corrected chi connectivity index (χ0v) is 23.1. The van der Waals surface area contributed by atoms with E-state index in [9.17, 15) is 0 Å². The minimum atomic E-state index is 0.294. The van der Waals surface area contributed by atoms with Gasteiger partial charge >= 0.3 is 0 Å². The minimum absolute atomic E-state index is 0.294. The molecule has 2 nitrogen and oxygen atoms in total. The maximum absolute atomic E-state index is 2.44. The summed E-state index contributed by atoms with van der Waals surface area (Å²) in [5.74, 6) is 0. The van der Waals surface area contributed by atoms with Crippen molar-refractivity contribution >= 4 is 28.4 Å². The Morgan fingerprint density at radius 1 is 0.500 bits per heavy atom. The predicted molar refractivity (Wildman–Crippen MR) is 171 cm³/mol. The summed E-state index contributed by atoms with van der Waals surface area (Å²) in [6.07, 6.45) is 9.82. The van der Waals surface area contributed by atoms with E-state index in [1.807, 2.05) is 0 Å². The Kier molecular flexibility index (Phi) is 7.32. The van der Waals surface area contributed by atoms with Gasteiger partial charge in [-0.2, -0.15) is 0 Å². The van der Waals surface area contributed by atoms with Crippen molar-refractivity contribution in [3.8, 4) is 11.1 Å². The largest absolute Gasteiger partial charge is 0.334 e. The van der Waals surface area contributed by atoms with Gasteiger partial charge in [0.15, 0.2) is 0 Å². The molecule has 0 radical (unpaired) electrons. The fourth-order valence-electron chi connectivity index (χ4n) is 5.40. The van der Waals surface area contributed by atoms with Crippen LogP contribution in [-0.2, 0) is 0 Å². The van der Waals surface area contributed by atoms with Crippen molar-refractivity contribution < 1.29 is 0 Å². The second kappa shape index (κ2) is 11.5. The quantitative estimate of drug-likeness (QED) is 0.211. The van der Waals surface area contributed by atoms with Crippen molar-refractivity contribution in [3.63, 3.8) is 0 Å². The Hall–Kier alpha value is -4.82. The lowest BCUT2D eigenvalue weighted by molar-refractivity contribution is 0.785. The summed E-state index contributed by atoms with van der Waals surface area (Å²) in [6.45, 7) is 4.28. The topological polar surface area (TPSA) is 6.48 Å². The van der Waals surface area contributed by atoms with Crippen molar-refractivity contribution in [3.05, 3.63) is 163 Å². The number of aryl methyl sites for hydroxylation is 2. The summed E-state index contributed by atoms with van der Waals surface area (Å²) in [5, 5.41) is 0. The molecular weight excluding hydrogens is 484 g/mol. The Morgan fingerprint density at radius 2 is 1.07 bits per heavy atom. The van der Waals surface area contributed by atoms with E-state index in [2.05, 4.69) is 175 Å². The molecule has 40 heavy (non-hydrogen) atoms. The molecule has 0 aliphatic heterocycles. The van der Waals surface area contributed by atoms with Gasteiger partial charge in [0.1, 0.15) is 0 Å². The van der Waals surface area contributed by atoms with Gasteiger partial charge in [0.05, 0.1) is 6.04 Å². The number of hydrogen-bond acceptors (Lipinski definition) is 2. The fraction of sp³-hybridized carbons (Fsp3) is 0.105. The molecule has 2 heteroatoms. The Morgan fingerprint density at radius 3 is 1.68 bits per heavy atom. The third-order valence-corrected chi connectivity index (χ3v) is 7.48. The summed E-state index contributed by atoms with van der Waals surface area (Å²) >= 11 is 0. The van der Waals surface area contributed by atoms with Crippen LogP contribution in [0, 0.1) is 13.8 Å². The van der Waals surface area contributed by atoms with Crippen LogP contribution >= 0.6 is 0 Å². The summed E-state index contributed by atoms with van der Waals surface area (Å²) < 4.78 is 0. The zero-order valence-electron chi connectivity index (χ0n) is 23.1. The van der Waals surface area contributed by atoms with Crippen LogP contribution in [0.25, 0.3) is 11.1 Å². The van der Waals surface area contributed by atoms with Crippen LogP contribution in [-0.4, -0.2) is 6.04 Å². The van der Waals surface area contributed by atoms with E-state index >= 15 is 0 Å². The van der Waals surface area contributed by atoms with Gasteiger partial charge in [-0.25, -0.2) is 0 Å². The molecule has 5 aromatic carbocycles. The van der Waals surface area contributed by atoms with Gasteiger partial charge in [-0.1, -0.05) is 96.6 Å². The van der Waals surface area contributed by atoms with Crippen molar-refractivity contribution in [1.82, 2.24) is 0 Å². The lowest BCUT2D eigenvalue weighted by atomic mass is 10.0. The Balaban J connectivity index is 1.30. The lowest BCUT2D eigenvalue weighted by Gasteiger charge is -2.33. The summed E-state index contributed by atoms with van der Waals surface area (Å²) in [6, 6.07) is 46.2. The van der Waals surface area contributed by atoms with Crippen molar-refractivity contribution in [2.45, 2.75) is 26.3 Å². The highest BCUT2D eigenvalue weighted by Crippen LogP contribution is 2.37. The standard InChI is InChI=1S/C38H34N2/c1-29-16-22-35(23-17-29)39(33-11-5-3-6-12-33)36-24-18-31(19-25-36)32-20-26-37(27-21-32)40(34-13-7-4-8-14-34)38-15-9-10-30(2)28-38/h3-13,15-28,34H,14H2,1-2H3. The van der Waals surface area contributed by atoms with Crippen molar-refractivity contribution in [2.75, 3.05) is 9.80 Å². The van der Waals surface area contributed by atoms with Crippen molar-refractivity contribution in [1.29, 1.82) is 0 Å². The molecule has 1 atom stereocenters. The summed E-state index contributed by atoms with van der Waals surface area (Å²) in [5.41, 5.74) is 10.8. The first kappa shape index (κ1) is 25.5. The number of allylic oxidation sites excluding steroid dienone is 2. The Labute approximate surface area is 238 Å². The van der Waals surface area contributed by atoms with Crippen LogP contribution in [0.2, 0.25) is 0 Å². The third-order valence-electron chi connectivity index (χ3n) is 7.48. The molecule has 0 bridgehead atoms. The molecule has 1 unspecified atom stereocenters. The van der Waals surface area contributed by atoms with Gasteiger partial charge in [0.2, 0.25) is 0 Å². The smallest absolute Gasteiger partial charge is 0.0559 e. The maximum atomic E-state index is 2.44. The highest BCUT2D eigenvalue weighted by Gasteiger charge is 2.19. The van der Waals surface area contributed by atoms with Crippen LogP contribution in [0.1, 0.15) is 17.5 Å². The molecule has 0 N–H and O–H groups in total. The van der Waals surface area contributed by atoms with Gasteiger partial charge in [0.25, 0.3) is 0 Å². The highest BCUT2D eigenvalue weighted by atomic mass is 15.2. The zero-order chi connectivity index (χ0) is 27.3. The maximum Gasteiger partial charge on any atom is 0.0559 e. The molecule has 0 fully saturated rings. The van der Waals surface area contributed by atoms with E-state index in [-0.39, 0.29) is 0 Å². The number of rotatable bonds is 7. The van der Waals surface area contributed by atoms with E-state index in [0.717, 1.165) is 23.5 Å². The molecule has 196 valence electrons. The van der Waals surface area contributed by atoms with Crippen LogP contribution in [0.4, 0.5) is 28.4 Å². The summed E-state index contributed by atoms with van der Waals surface area (Å²) in [4.78, 5) is 4.75. The van der Waals surface area contributed by atoms with E-state index in [0.29, 0.717) is 6.04 Å². The molecule has 0 spiro atoms. The highest BCUT2D eigenvalue weighted by molar-refractivity contribution is 5.79. The van der Waals surface area contributed by atoms with E-state index in [1.54, 1.807) is 0 Å². The predicted octanol–water partition coefficient (Wildman–Crippen LogP) is 10.5. The first-order valence-electron chi connectivity index (χ1n) is 14.0. The monoisotopic (exact) mass is 518 g/mol. The molecule has 0 aromatic heterocycles. The molecule has 1 aliphatic carbocycles. The van der Waals surface area contributed by atoms with Crippen molar-refractivity contribution in [2.24, 2.45) is 0 Å². The number of benzene rings is 5.